The Balaban J connectivity index is 1.57. The highest BCUT2D eigenvalue weighted by atomic mass is 32.2. The van der Waals surface area contributed by atoms with E-state index in [4.69, 9.17) is 15.2 Å². The summed E-state index contributed by atoms with van der Waals surface area (Å²) < 4.78 is 12.0. The van der Waals surface area contributed by atoms with Crippen molar-refractivity contribution in [1.29, 1.82) is 0 Å². The molecular formula is C24H20N2O3S. The van der Waals surface area contributed by atoms with E-state index in [9.17, 15) is 4.79 Å². The summed E-state index contributed by atoms with van der Waals surface area (Å²) in [7, 11) is 0. The Hall–Kier alpha value is -3.51. The van der Waals surface area contributed by atoms with E-state index in [0.717, 1.165) is 28.5 Å². The van der Waals surface area contributed by atoms with Gasteiger partial charge in [-0.3, -0.25) is 4.79 Å². The molecule has 0 unspecified atom stereocenters. The number of hydrogen-bond acceptors (Lipinski definition) is 5. The number of ether oxygens (including phenoxy) is 2. The molecule has 1 aliphatic heterocycles. The Morgan fingerprint density at radius 1 is 0.867 bits per heavy atom. The van der Waals surface area contributed by atoms with E-state index >= 15 is 0 Å². The Kier molecular flexibility index (Phi) is 6.15. The Morgan fingerprint density at radius 2 is 1.50 bits per heavy atom. The van der Waals surface area contributed by atoms with Crippen LogP contribution in [0, 0.1) is 0 Å². The monoisotopic (exact) mass is 416 g/mol. The second kappa shape index (κ2) is 9.33. The van der Waals surface area contributed by atoms with Gasteiger partial charge >= 0.3 is 5.24 Å². The first-order valence-corrected chi connectivity index (χ1v) is 10.2. The molecule has 0 bridgehead atoms. The highest BCUT2D eigenvalue weighted by molar-refractivity contribution is 8.18. The number of amidine groups is 1. The fourth-order valence-electron chi connectivity index (χ4n) is 2.90. The van der Waals surface area contributed by atoms with Gasteiger partial charge in [-0.05, 0) is 47.2 Å². The lowest BCUT2D eigenvalue weighted by Gasteiger charge is -2.13. The summed E-state index contributed by atoms with van der Waals surface area (Å²) in [5, 5.41) is -0.318. The number of aliphatic imine (C=N–C) groups is 1. The van der Waals surface area contributed by atoms with E-state index in [1.807, 2.05) is 84.9 Å². The zero-order valence-electron chi connectivity index (χ0n) is 16.2. The van der Waals surface area contributed by atoms with E-state index in [0.29, 0.717) is 29.6 Å². The Bertz CT molecular complexity index is 1100. The normalized spacial score (nSPS) is 14.6. The minimum atomic E-state index is -0.318. The van der Waals surface area contributed by atoms with Crippen LogP contribution in [-0.4, -0.2) is 11.1 Å². The molecule has 3 aromatic carbocycles. The molecule has 0 aliphatic carbocycles. The topological polar surface area (TPSA) is 73.9 Å². The summed E-state index contributed by atoms with van der Waals surface area (Å²) >= 11 is 1.00. The van der Waals surface area contributed by atoms with Gasteiger partial charge in [0, 0.05) is 5.56 Å². The maximum atomic E-state index is 11.6. The quantitative estimate of drug-likeness (QED) is 0.557. The van der Waals surface area contributed by atoms with Gasteiger partial charge < -0.3 is 15.2 Å². The van der Waals surface area contributed by atoms with E-state index in [1.54, 1.807) is 0 Å². The number of carbonyl (C=O) groups is 1. The van der Waals surface area contributed by atoms with Gasteiger partial charge in [-0.1, -0.05) is 60.7 Å². The lowest BCUT2D eigenvalue weighted by atomic mass is 10.1. The van der Waals surface area contributed by atoms with E-state index in [1.165, 1.54) is 0 Å². The minimum absolute atomic E-state index is 0.217. The van der Waals surface area contributed by atoms with Crippen LogP contribution in [0.15, 0.2) is 88.8 Å². The van der Waals surface area contributed by atoms with E-state index in [-0.39, 0.29) is 11.1 Å². The standard InChI is InChI=1S/C24H20N2O3S/c25-23-22(30-24(27)26-23)14-19-13-20(28-15-17-7-3-1-4-8-17)11-12-21(19)29-16-18-9-5-2-6-10-18/h1-14H,15-16H2,(H2,25,26,27)/b22-14-. The third-order valence-corrected chi connectivity index (χ3v) is 5.23. The fraction of sp³-hybridized carbons (Fsp3) is 0.0833. The number of nitrogens with zero attached hydrogens (tertiary/aromatic N) is 1. The highest BCUT2D eigenvalue weighted by Crippen LogP contribution is 2.33. The molecular weight excluding hydrogens is 396 g/mol. The van der Waals surface area contributed by atoms with Crippen molar-refractivity contribution in [2.75, 3.05) is 0 Å². The third kappa shape index (κ3) is 5.10. The molecule has 30 heavy (non-hydrogen) atoms. The Labute approximate surface area is 179 Å². The molecule has 1 aliphatic rings. The van der Waals surface area contributed by atoms with Crippen LogP contribution in [0.2, 0.25) is 0 Å². The van der Waals surface area contributed by atoms with Crippen molar-refractivity contribution in [2.24, 2.45) is 10.7 Å². The predicted molar refractivity (Wildman–Crippen MR) is 121 cm³/mol. The number of amides is 1. The Morgan fingerprint density at radius 3 is 2.10 bits per heavy atom. The lowest BCUT2D eigenvalue weighted by molar-refractivity contribution is 0.268. The van der Waals surface area contributed by atoms with Crippen molar-refractivity contribution in [3.05, 3.63) is 100 Å². The summed E-state index contributed by atoms with van der Waals surface area (Å²) in [6.07, 6.45) is 1.81. The number of benzene rings is 3. The first-order valence-electron chi connectivity index (χ1n) is 9.43. The molecule has 0 saturated heterocycles. The molecule has 1 amide bonds. The molecule has 150 valence electrons. The summed E-state index contributed by atoms with van der Waals surface area (Å²) in [6, 6.07) is 25.5. The zero-order valence-corrected chi connectivity index (χ0v) is 17.0. The second-order valence-electron chi connectivity index (χ2n) is 6.62. The van der Waals surface area contributed by atoms with Crippen LogP contribution in [0.3, 0.4) is 0 Å². The molecule has 0 fully saturated rings. The fourth-order valence-corrected chi connectivity index (χ4v) is 3.57. The van der Waals surface area contributed by atoms with Crippen molar-refractivity contribution in [1.82, 2.24) is 0 Å². The smallest absolute Gasteiger partial charge is 0.311 e. The van der Waals surface area contributed by atoms with Gasteiger partial charge in [0.05, 0.1) is 4.91 Å². The molecule has 0 radical (unpaired) electrons. The zero-order chi connectivity index (χ0) is 20.8. The van der Waals surface area contributed by atoms with Gasteiger partial charge in [0.15, 0.2) is 0 Å². The summed E-state index contributed by atoms with van der Waals surface area (Å²) in [6.45, 7) is 0.884. The van der Waals surface area contributed by atoms with Gasteiger partial charge in [0.1, 0.15) is 30.5 Å². The highest BCUT2D eigenvalue weighted by Gasteiger charge is 2.19. The number of hydrogen-bond donors (Lipinski definition) is 1. The van der Waals surface area contributed by atoms with Crippen molar-refractivity contribution in [2.45, 2.75) is 13.2 Å². The van der Waals surface area contributed by atoms with Crippen molar-refractivity contribution >= 4 is 28.9 Å². The molecule has 6 heteroatoms. The molecule has 0 atom stereocenters. The first kappa shape index (κ1) is 19.8. The van der Waals surface area contributed by atoms with Gasteiger partial charge in [-0.25, -0.2) is 0 Å². The SMILES string of the molecule is NC1=NC(=O)S/C1=C\c1cc(OCc2ccccc2)ccc1OCc1ccccc1. The van der Waals surface area contributed by atoms with Crippen molar-refractivity contribution in [3.63, 3.8) is 0 Å². The van der Waals surface area contributed by atoms with Crippen LogP contribution in [0.1, 0.15) is 16.7 Å². The molecule has 0 saturated carbocycles. The van der Waals surface area contributed by atoms with Gasteiger partial charge in [-0.2, -0.15) is 4.99 Å². The van der Waals surface area contributed by atoms with Crippen molar-refractivity contribution in [3.8, 4) is 11.5 Å². The molecule has 1 heterocycles. The lowest BCUT2D eigenvalue weighted by Crippen LogP contribution is -2.09. The second-order valence-corrected chi connectivity index (χ2v) is 7.61. The summed E-state index contributed by atoms with van der Waals surface area (Å²) in [5.41, 5.74) is 8.78. The van der Waals surface area contributed by atoms with E-state index < -0.39 is 0 Å². The average Bonchev–Trinajstić information content (AvgIpc) is 3.09. The first-order chi connectivity index (χ1) is 14.7. The summed E-state index contributed by atoms with van der Waals surface area (Å²) in [4.78, 5) is 15.9. The van der Waals surface area contributed by atoms with E-state index in [2.05, 4.69) is 4.99 Å². The van der Waals surface area contributed by atoms with Crippen LogP contribution >= 0.6 is 11.8 Å². The molecule has 0 spiro atoms. The largest absolute Gasteiger partial charge is 0.489 e. The maximum Gasteiger partial charge on any atom is 0.311 e. The number of nitrogens with two attached hydrogens (primary N) is 1. The summed E-state index contributed by atoms with van der Waals surface area (Å²) in [5.74, 6) is 1.59. The molecule has 0 aromatic heterocycles. The van der Waals surface area contributed by atoms with Crippen LogP contribution in [0.5, 0.6) is 11.5 Å². The molecule has 3 aromatic rings. The molecule has 4 rings (SSSR count). The average molecular weight is 417 g/mol. The number of rotatable bonds is 7. The third-order valence-electron chi connectivity index (χ3n) is 4.41. The predicted octanol–water partition coefficient (Wildman–Crippen LogP) is 5.41. The van der Waals surface area contributed by atoms with Gasteiger partial charge in [0.2, 0.25) is 0 Å². The van der Waals surface area contributed by atoms with Crippen LogP contribution in [-0.2, 0) is 13.2 Å². The van der Waals surface area contributed by atoms with Gasteiger partial charge in [-0.15, -0.1) is 0 Å². The maximum absolute atomic E-state index is 11.6. The molecule has 5 nitrogen and oxygen atoms in total. The van der Waals surface area contributed by atoms with Crippen LogP contribution in [0.25, 0.3) is 6.08 Å². The van der Waals surface area contributed by atoms with Crippen LogP contribution < -0.4 is 15.2 Å². The minimum Gasteiger partial charge on any atom is -0.489 e. The van der Waals surface area contributed by atoms with Crippen molar-refractivity contribution < 1.29 is 14.3 Å². The molecule has 2 N–H and O–H groups in total. The number of carbonyl (C=O) groups excluding carboxylic acids is 1. The number of thioether (sulfide) groups is 1. The van der Waals surface area contributed by atoms with Gasteiger partial charge in [0.25, 0.3) is 0 Å². The van der Waals surface area contributed by atoms with Crippen LogP contribution in [0.4, 0.5) is 4.79 Å².